The highest BCUT2D eigenvalue weighted by Gasteiger charge is 2.16. The minimum Gasteiger partial charge on any atom is -0.489 e. The number of methoxy groups -OCH3 is 1. The van der Waals surface area contributed by atoms with Gasteiger partial charge in [-0.05, 0) is 86.7 Å². The second-order valence-electron chi connectivity index (χ2n) is 8.23. The zero-order valence-electron chi connectivity index (χ0n) is 20.1. The fraction of sp³-hybridized carbons (Fsp3) is 0.407. The van der Waals surface area contributed by atoms with Crippen molar-refractivity contribution >= 4 is 17.8 Å². The van der Waals surface area contributed by atoms with E-state index in [1.54, 1.807) is 12.3 Å². The normalized spacial score (nSPS) is 14.6. The summed E-state index contributed by atoms with van der Waals surface area (Å²) in [4.78, 5) is 20.0. The van der Waals surface area contributed by atoms with Crippen molar-refractivity contribution in [2.45, 2.75) is 40.2 Å². The van der Waals surface area contributed by atoms with Crippen molar-refractivity contribution in [2.75, 3.05) is 33.4 Å². The molecule has 33 heavy (non-hydrogen) atoms. The number of nitrogens with zero attached hydrogens (tertiary/aromatic N) is 2. The van der Waals surface area contributed by atoms with E-state index in [1.165, 1.54) is 20.0 Å². The Morgan fingerprint density at radius 1 is 1.12 bits per heavy atom. The van der Waals surface area contributed by atoms with Crippen LogP contribution in [0.5, 0.6) is 5.75 Å². The first kappa shape index (κ1) is 24.5. The standard InChI is InChI=1S/C27H34N2O4/c1-5-24(27(30)31-4)25-11-7-6-10-22(25)19-32-26-17-20(2)23(16-21(26)3)18-28-33-15-14-29-12-8-9-13-29/h5-7,10-11,16-18H,8-9,12-15,19H2,1-4H3. The molecule has 0 bridgehead atoms. The largest absolute Gasteiger partial charge is 0.489 e. The van der Waals surface area contributed by atoms with Gasteiger partial charge in [0, 0.05) is 6.54 Å². The Hall–Kier alpha value is -3.12. The van der Waals surface area contributed by atoms with Crippen molar-refractivity contribution < 1.29 is 19.1 Å². The molecule has 1 aliphatic rings. The molecule has 6 heteroatoms. The molecule has 0 aromatic heterocycles. The van der Waals surface area contributed by atoms with Gasteiger partial charge in [-0.15, -0.1) is 0 Å². The molecule has 0 spiro atoms. The molecule has 176 valence electrons. The van der Waals surface area contributed by atoms with Crippen molar-refractivity contribution in [3.63, 3.8) is 0 Å². The first-order valence-corrected chi connectivity index (χ1v) is 11.5. The first-order chi connectivity index (χ1) is 16.0. The number of carbonyl (C=O) groups is 1. The third-order valence-corrected chi connectivity index (χ3v) is 5.91. The Morgan fingerprint density at radius 2 is 1.88 bits per heavy atom. The quantitative estimate of drug-likeness (QED) is 0.169. The van der Waals surface area contributed by atoms with Gasteiger partial charge in [0.15, 0.2) is 0 Å². The summed E-state index contributed by atoms with van der Waals surface area (Å²) in [5.74, 6) is 0.442. The molecular formula is C27H34N2O4. The number of ether oxygens (including phenoxy) is 2. The molecule has 2 aromatic rings. The summed E-state index contributed by atoms with van der Waals surface area (Å²) < 4.78 is 11.1. The molecule has 1 heterocycles. The third-order valence-electron chi connectivity index (χ3n) is 5.91. The van der Waals surface area contributed by atoms with Gasteiger partial charge in [-0.3, -0.25) is 4.90 Å². The van der Waals surface area contributed by atoms with Gasteiger partial charge in [0.1, 0.15) is 19.0 Å². The molecule has 1 aliphatic heterocycles. The molecule has 0 aliphatic carbocycles. The zero-order chi connectivity index (χ0) is 23.6. The second kappa shape index (κ2) is 12.2. The first-order valence-electron chi connectivity index (χ1n) is 11.5. The number of benzene rings is 2. The molecule has 0 atom stereocenters. The van der Waals surface area contributed by atoms with E-state index in [1.807, 2.05) is 51.1 Å². The van der Waals surface area contributed by atoms with Crippen LogP contribution in [-0.4, -0.2) is 50.4 Å². The lowest BCUT2D eigenvalue weighted by atomic mass is 10.00. The van der Waals surface area contributed by atoms with Crippen molar-refractivity contribution in [2.24, 2.45) is 5.16 Å². The van der Waals surface area contributed by atoms with Crippen molar-refractivity contribution in [1.29, 1.82) is 0 Å². The predicted octanol–water partition coefficient (Wildman–Crippen LogP) is 4.91. The third kappa shape index (κ3) is 6.68. The van der Waals surface area contributed by atoms with Gasteiger partial charge in [0.05, 0.1) is 18.9 Å². The minimum absolute atomic E-state index is 0.345. The Morgan fingerprint density at radius 3 is 2.61 bits per heavy atom. The van der Waals surface area contributed by atoms with E-state index in [-0.39, 0.29) is 5.97 Å². The molecule has 1 fully saturated rings. The van der Waals surface area contributed by atoms with Gasteiger partial charge in [-0.25, -0.2) is 4.79 Å². The fourth-order valence-corrected chi connectivity index (χ4v) is 3.99. The van der Waals surface area contributed by atoms with Gasteiger partial charge in [-0.2, -0.15) is 0 Å². The highest BCUT2D eigenvalue weighted by molar-refractivity contribution is 6.16. The van der Waals surface area contributed by atoms with Crippen LogP contribution in [0, 0.1) is 13.8 Å². The number of allylic oxidation sites excluding steroid dienone is 1. The molecule has 3 rings (SSSR count). The van der Waals surface area contributed by atoms with E-state index in [0.717, 1.165) is 53.2 Å². The lowest BCUT2D eigenvalue weighted by molar-refractivity contribution is -0.133. The topological polar surface area (TPSA) is 60.4 Å². The summed E-state index contributed by atoms with van der Waals surface area (Å²) in [7, 11) is 1.39. The number of hydrogen-bond acceptors (Lipinski definition) is 6. The molecule has 1 saturated heterocycles. The molecule has 0 unspecified atom stereocenters. The Bertz CT molecular complexity index is 1010. The maximum atomic E-state index is 12.1. The van der Waals surface area contributed by atoms with Gasteiger partial charge < -0.3 is 14.3 Å². The monoisotopic (exact) mass is 450 g/mol. The lowest BCUT2D eigenvalue weighted by Crippen LogP contribution is -2.23. The summed E-state index contributed by atoms with van der Waals surface area (Å²) in [6.07, 6.45) is 6.09. The van der Waals surface area contributed by atoms with Crippen LogP contribution in [0.3, 0.4) is 0 Å². The molecular weight excluding hydrogens is 416 g/mol. The van der Waals surface area contributed by atoms with Crippen LogP contribution in [0.1, 0.15) is 47.6 Å². The maximum absolute atomic E-state index is 12.1. The van der Waals surface area contributed by atoms with E-state index < -0.39 is 0 Å². The minimum atomic E-state index is -0.358. The second-order valence-corrected chi connectivity index (χ2v) is 8.23. The number of esters is 1. The highest BCUT2D eigenvalue weighted by atomic mass is 16.6. The smallest absolute Gasteiger partial charge is 0.338 e. The average molecular weight is 451 g/mol. The molecule has 6 nitrogen and oxygen atoms in total. The van der Waals surface area contributed by atoms with E-state index >= 15 is 0 Å². The molecule has 0 radical (unpaired) electrons. The van der Waals surface area contributed by atoms with E-state index in [9.17, 15) is 4.79 Å². The molecule has 2 aromatic carbocycles. The van der Waals surface area contributed by atoms with Crippen LogP contribution < -0.4 is 4.74 Å². The van der Waals surface area contributed by atoms with E-state index in [4.69, 9.17) is 14.3 Å². The van der Waals surface area contributed by atoms with Gasteiger partial charge in [0.25, 0.3) is 0 Å². The zero-order valence-corrected chi connectivity index (χ0v) is 20.1. The number of rotatable bonds is 10. The number of likely N-dealkylation sites (tertiary alicyclic amines) is 1. The van der Waals surface area contributed by atoms with Gasteiger partial charge in [-0.1, -0.05) is 35.5 Å². The number of aryl methyl sites for hydroxylation is 2. The highest BCUT2D eigenvalue weighted by Crippen LogP contribution is 2.26. The van der Waals surface area contributed by atoms with Crippen molar-refractivity contribution in [3.8, 4) is 5.75 Å². The van der Waals surface area contributed by atoms with Crippen LogP contribution in [0.15, 0.2) is 47.6 Å². The van der Waals surface area contributed by atoms with Crippen LogP contribution in [0.4, 0.5) is 0 Å². The summed E-state index contributed by atoms with van der Waals surface area (Å²) in [6, 6.07) is 11.8. The number of hydrogen-bond donors (Lipinski definition) is 0. The van der Waals surface area contributed by atoms with Crippen LogP contribution >= 0.6 is 0 Å². The van der Waals surface area contributed by atoms with E-state index in [2.05, 4.69) is 16.1 Å². The van der Waals surface area contributed by atoms with Crippen LogP contribution in [0.2, 0.25) is 0 Å². The Balaban J connectivity index is 1.63. The fourth-order valence-electron chi connectivity index (χ4n) is 3.99. The van der Waals surface area contributed by atoms with Gasteiger partial charge in [0.2, 0.25) is 0 Å². The predicted molar refractivity (Wildman–Crippen MR) is 132 cm³/mol. The average Bonchev–Trinajstić information content (AvgIpc) is 3.34. The molecule has 0 amide bonds. The van der Waals surface area contributed by atoms with Crippen molar-refractivity contribution in [3.05, 3.63) is 70.3 Å². The summed E-state index contributed by atoms with van der Waals surface area (Å²) in [5.41, 5.74) is 5.33. The molecule has 0 N–H and O–H groups in total. The van der Waals surface area contributed by atoms with Crippen LogP contribution in [-0.2, 0) is 21.0 Å². The number of oxime groups is 1. The Kier molecular flexibility index (Phi) is 9.07. The van der Waals surface area contributed by atoms with Crippen molar-refractivity contribution in [1.82, 2.24) is 4.90 Å². The number of carbonyl (C=O) groups excluding carboxylic acids is 1. The van der Waals surface area contributed by atoms with Crippen LogP contribution in [0.25, 0.3) is 5.57 Å². The van der Waals surface area contributed by atoms with E-state index in [0.29, 0.717) is 18.8 Å². The summed E-state index contributed by atoms with van der Waals surface area (Å²) >= 11 is 0. The van der Waals surface area contributed by atoms with Gasteiger partial charge >= 0.3 is 5.97 Å². The molecule has 0 saturated carbocycles. The Labute approximate surface area is 196 Å². The SMILES string of the molecule is CC=C(C(=O)OC)c1ccccc1COc1cc(C)c(C=NOCCN2CCCC2)cc1C. The maximum Gasteiger partial charge on any atom is 0.338 e. The lowest BCUT2D eigenvalue weighted by Gasteiger charge is -2.15. The summed E-state index contributed by atoms with van der Waals surface area (Å²) in [5, 5.41) is 4.15. The summed E-state index contributed by atoms with van der Waals surface area (Å²) in [6.45, 7) is 10.1.